The Labute approximate surface area is 53.3 Å². The first-order valence-corrected chi connectivity index (χ1v) is 2.20. The van der Waals surface area contributed by atoms with Gasteiger partial charge >= 0.3 is 0 Å². The lowest BCUT2D eigenvalue weighted by molar-refractivity contribution is 0.713. The summed E-state index contributed by atoms with van der Waals surface area (Å²) in [5.74, 6) is 0.241. The molecule has 0 aliphatic heterocycles. The van der Waals surface area contributed by atoms with E-state index in [4.69, 9.17) is 5.26 Å². The van der Waals surface area contributed by atoms with Gasteiger partial charge in [-0.25, -0.2) is 0 Å². The second-order valence-electron chi connectivity index (χ2n) is 1.44. The number of rotatable bonds is 1. The summed E-state index contributed by atoms with van der Waals surface area (Å²) < 4.78 is 0. The molecule has 0 bridgehead atoms. The van der Waals surface area contributed by atoms with Crippen LogP contribution in [0.25, 0.3) is 0 Å². The van der Waals surface area contributed by atoms with Crippen molar-refractivity contribution in [2.75, 3.05) is 0 Å². The van der Waals surface area contributed by atoms with Crippen LogP contribution < -0.4 is 0 Å². The summed E-state index contributed by atoms with van der Waals surface area (Å²) in [5, 5.41) is 8.08. The van der Waals surface area contributed by atoms with Crippen LogP contribution in [0.3, 0.4) is 0 Å². The Bertz CT molecular complexity index is 61.3. The van der Waals surface area contributed by atoms with Crippen LogP contribution in [0.2, 0.25) is 0 Å². The van der Waals surface area contributed by atoms with Gasteiger partial charge in [-0.05, 0) is 13.3 Å². The lowest BCUT2D eigenvalue weighted by atomic mass is 10.2. The van der Waals surface area contributed by atoms with Gasteiger partial charge in [-0.3, -0.25) is 0 Å². The van der Waals surface area contributed by atoms with Gasteiger partial charge in [0.25, 0.3) is 0 Å². The molecular weight excluding hydrogens is 98.1 g/mol. The first-order chi connectivity index (χ1) is 2.81. The Kier molecular flexibility index (Phi) is 19.0. The molecule has 0 heterocycles. The van der Waals surface area contributed by atoms with Crippen molar-refractivity contribution in [2.45, 2.75) is 35.1 Å². The van der Waals surface area contributed by atoms with Gasteiger partial charge in [0.15, 0.2) is 0 Å². The van der Waals surface area contributed by atoms with Crippen molar-refractivity contribution in [3.63, 3.8) is 0 Å². The lowest BCUT2D eigenvalue weighted by Gasteiger charge is -1.87. The molecule has 0 radical (unpaired) electrons. The van der Waals surface area contributed by atoms with E-state index in [1.54, 1.807) is 0 Å². The van der Waals surface area contributed by atoms with Crippen LogP contribution in [0.5, 0.6) is 0 Å². The largest absolute Gasteiger partial charge is 0.198 e. The fraction of sp³-hybridized carbons (Fsp3) is 0.857. The maximum Gasteiger partial charge on any atom is 0.0652 e. The van der Waals surface area contributed by atoms with E-state index in [-0.39, 0.29) is 20.8 Å². The fourth-order valence-electron chi connectivity index (χ4n) is 0.0913. The van der Waals surface area contributed by atoms with Crippen LogP contribution in [0.15, 0.2) is 0 Å². The third-order valence-electron chi connectivity index (χ3n) is 0.833. The topological polar surface area (TPSA) is 23.8 Å². The Balaban J connectivity index is -0.000000125. The van der Waals surface area contributed by atoms with E-state index in [0.717, 1.165) is 6.42 Å². The van der Waals surface area contributed by atoms with E-state index in [1.807, 2.05) is 13.8 Å². The molecule has 0 unspecified atom stereocenters. The Morgan fingerprint density at radius 2 is 1.88 bits per heavy atom. The van der Waals surface area contributed by atoms with Gasteiger partial charge in [-0.15, -0.1) is 0 Å². The summed E-state index contributed by atoms with van der Waals surface area (Å²) in [6, 6.07) is 2.11. The monoisotopic (exact) mass is 115 g/mol. The van der Waals surface area contributed by atoms with Crippen LogP contribution >= 0.6 is 0 Å². The van der Waals surface area contributed by atoms with Gasteiger partial charge in [-0.2, -0.15) is 5.26 Å². The molecule has 0 aromatic heterocycles. The lowest BCUT2D eigenvalue weighted by Crippen LogP contribution is -1.81. The molecule has 0 aromatic carbocycles. The molecule has 0 fully saturated rings. The van der Waals surface area contributed by atoms with E-state index in [1.165, 1.54) is 0 Å². The molecule has 0 amide bonds. The molecule has 0 saturated heterocycles. The number of nitriles is 1. The molecule has 50 valence electrons. The smallest absolute Gasteiger partial charge is 0.0652 e. The zero-order chi connectivity index (χ0) is 4.99. The molecule has 0 rings (SSSR count). The van der Waals surface area contributed by atoms with Crippen molar-refractivity contribution in [1.82, 2.24) is 0 Å². The van der Waals surface area contributed by atoms with Crippen LogP contribution in [0.1, 0.15) is 35.1 Å². The van der Waals surface area contributed by atoms with E-state index >= 15 is 0 Å². The standard InChI is InChI=1S/C5H9N.2CH4/c1-3-5(2)4-6;;/h5H,3H2,1-2H3;2*1H4/t5-;;/m0../s1. The number of hydrogen-bond donors (Lipinski definition) is 0. The zero-order valence-electron chi connectivity index (χ0n) is 4.23. The third kappa shape index (κ3) is 9.09. The fourth-order valence-corrected chi connectivity index (χ4v) is 0.0913. The molecular formula is C7H17N. The maximum absolute atomic E-state index is 8.08. The SMILES string of the molecule is C.C.CC[C@H](C)C#N. The predicted octanol–water partition coefficient (Wildman–Crippen LogP) is 2.83. The van der Waals surface area contributed by atoms with Crippen molar-refractivity contribution >= 4 is 0 Å². The van der Waals surface area contributed by atoms with Crippen molar-refractivity contribution in [3.8, 4) is 6.07 Å². The van der Waals surface area contributed by atoms with E-state index in [9.17, 15) is 0 Å². The van der Waals surface area contributed by atoms with Gasteiger partial charge in [-0.1, -0.05) is 21.8 Å². The average Bonchev–Trinajstić information content (AvgIpc) is 1.65. The first kappa shape index (κ1) is 15.6. The van der Waals surface area contributed by atoms with Crippen LogP contribution in [-0.2, 0) is 0 Å². The van der Waals surface area contributed by atoms with Gasteiger partial charge in [0.1, 0.15) is 0 Å². The minimum atomic E-state index is 0. The van der Waals surface area contributed by atoms with Crippen LogP contribution in [-0.4, -0.2) is 0 Å². The number of hydrogen-bond acceptors (Lipinski definition) is 1. The highest BCUT2D eigenvalue weighted by molar-refractivity contribution is 4.76. The molecule has 1 heteroatoms. The molecule has 0 spiro atoms. The maximum atomic E-state index is 8.08. The van der Waals surface area contributed by atoms with Gasteiger partial charge < -0.3 is 0 Å². The molecule has 0 aliphatic carbocycles. The third-order valence-corrected chi connectivity index (χ3v) is 0.833. The van der Waals surface area contributed by atoms with Crippen molar-refractivity contribution in [2.24, 2.45) is 5.92 Å². The summed E-state index contributed by atoms with van der Waals surface area (Å²) in [5.41, 5.74) is 0. The summed E-state index contributed by atoms with van der Waals surface area (Å²) in [7, 11) is 0. The van der Waals surface area contributed by atoms with E-state index < -0.39 is 0 Å². The second-order valence-corrected chi connectivity index (χ2v) is 1.44. The highest BCUT2D eigenvalue weighted by atomic mass is 14.2. The summed E-state index contributed by atoms with van der Waals surface area (Å²) in [4.78, 5) is 0. The average molecular weight is 115 g/mol. The molecule has 1 nitrogen and oxygen atoms in total. The van der Waals surface area contributed by atoms with E-state index in [0.29, 0.717) is 0 Å². The number of nitrogens with zero attached hydrogens (tertiary/aromatic N) is 1. The Hall–Kier alpha value is -0.510. The highest BCUT2D eigenvalue weighted by Crippen LogP contribution is 1.94. The molecule has 0 N–H and O–H groups in total. The Morgan fingerprint density at radius 3 is 1.88 bits per heavy atom. The van der Waals surface area contributed by atoms with Crippen LogP contribution in [0.4, 0.5) is 0 Å². The second kappa shape index (κ2) is 9.70. The van der Waals surface area contributed by atoms with Gasteiger partial charge in [0, 0.05) is 5.92 Å². The predicted molar refractivity (Wildman–Crippen MR) is 38.5 cm³/mol. The van der Waals surface area contributed by atoms with Gasteiger partial charge in [0.2, 0.25) is 0 Å². The van der Waals surface area contributed by atoms with E-state index in [2.05, 4.69) is 6.07 Å². The minimum absolute atomic E-state index is 0. The highest BCUT2D eigenvalue weighted by Gasteiger charge is 1.88. The molecule has 0 aliphatic rings. The van der Waals surface area contributed by atoms with Crippen molar-refractivity contribution in [3.05, 3.63) is 0 Å². The quantitative estimate of drug-likeness (QED) is 0.515. The summed E-state index contributed by atoms with van der Waals surface area (Å²) in [6.07, 6.45) is 0.969. The normalized spacial score (nSPS) is 9.62. The molecule has 8 heavy (non-hydrogen) atoms. The zero-order valence-corrected chi connectivity index (χ0v) is 4.23. The molecule has 0 saturated carbocycles. The Morgan fingerprint density at radius 1 is 1.50 bits per heavy atom. The first-order valence-electron chi connectivity index (χ1n) is 2.20. The summed E-state index contributed by atoms with van der Waals surface area (Å²) >= 11 is 0. The molecule has 0 aromatic rings. The molecule has 1 atom stereocenters. The minimum Gasteiger partial charge on any atom is -0.198 e. The summed E-state index contributed by atoms with van der Waals surface area (Å²) in [6.45, 7) is 3.92. The van der Waals surface area contributed by atoms with Gasteiger partial charge in [0.05, 0.1) is 6.07 Å². The van der Waals surface area contributed by atoms with Crippen molar-refractivity contribution in [1.29, 1.82) is 5.26 Å². The van der Waals surface area contributed by atoms with Crippen LogP contribution in [0, 0.1) is 17.2 Å². The van der Waals surface area contributed by atoms with Crippen molar-refractivity contribution < 1.29 is 0 Å².